The third-order valence-electron chi connectivity index (χ3n) is 5.16. The van der Waals surface area contributed by atoms with Gasteiger partial charge < -0.3 is 26.8 Å². The molecule has 0 aromatic carbocycles. The first-order valence-corrected chi connectivity index (χ1v) is 11.4. The first-order chi connectivity index (χ1) is 13.6. The maximum absolute atomic E-state index is 13.0. The average Bonchev–Trinajstić information content (AvgIpc) is 2.70. The number of carbonyl (C=O) groups is 3. The van der Waals surface area contributed by atoms with E-state index in [-0.39, 0.29) is 30.2 Å². The number of nitrogens with two attached hydrogens (primary N) is 1. The van der Waals surface area contributed by atoms with Crippen molar-refractivity contribution in [1.82, 2.24) is 16.0 Å². The van der Waals surface area contributed by atoms with Gasteiger partial charge in [0.1, 0.15) is 12.1 Å². The molecule has 0 aliphatic carbocycles. The Hall–Kier alpha value is -0.970. The van der Waals surface area contributed by atoms with Crippen molar-refractivity contribution in [3.8, 4) is 0 Å². The van der Waals surface area contributed by atoms with Gasteiger partial charge in [-0.2, -0.15) is 25.3 Å². The van der Waals surface area contributed by atoms with Crippen molar-refractivity contribution in [1.29, 1.82) is 0 Å². The summed E-state index contributed by atoms with van der Waals surface area (Å²) in [5, 5.41) is 17.8. The first-order valence-electron chi connectivity index (χ1n) is 10.2. The molecule has 0 aromatic heterocycles. The SMILES string of the molecule is CC[C@H](C)[C@H](NC[C@@H](N)CS)C(=O)N[C@H](C(=O)N[C@@H](CCS)C(=O)O)[C@@H](C)CC. The molecule has 2 amide bonds. The van der Waals surface area contributed by atoms with Gasteiger partial charge >= 0.3 is 5.97 Å². The number of carboxylic acids is 1. The second kappa shape index (κ2) is 14.9. The Morgan fingerprint density at radius 1 is 0.966 bits per heavy atom. The summed E-state index contributed by atoms with van der Waals surface area (Å²) in [6.45, 7) is 8.13. The number of nitrogens with one attached hydrogen (secondary N) is 3. The van der Waals surface area contributed by atoms with Gasteiger partial charge in [-0.05, 0) is 24.0 Å². The third-order valence-corrected chi connectivity index (χ3v) is 5.88. The number of hydrogen-bond acceptors (Lipinski definition) is 7. The summed E-state index contributed by atoms with van der Waals surface area (Å²) in [6.07, 6.45) is 1.61. The summed E-state index contributed by atoms with van der Waals surface area (Å²) in [4.78, 5) is 37.1. The molecule has 0 bridgehead atoms. The van der Waals surface area contributed by atoms with Gasteiger partial charge in [0, 0.05) is 18.3 Å². The Labute approximate surface area is 185 Å². The molecule has 0 radical (unpaired) electrons. The Kier molecular flexibility index (Phi) is 14.4. The second-order valence-corrected chi connectivity index (χ2v) is 8.31. The van der Waals surface area contributed by atoms with E-state index in [0.29, 0.717) is 24.5 Å². The van der Waals surface area contributed by atoms with E-state index in [1.165, 1.54) is 0 Å². The Morgan fingerprint density at radius 3 is 1.93 bits per heavy atom. The van der Waals surface area contributed by atoms with Crippen LogP contribution in [-0.2, 0) is 14.4 Å². The Bertz CT molecular complexity index is 524. The van der Waals surface area contributed by atoms with Gasteiger partial charge in [0.05, 0.1) is 6.04 Å². The van der Waals surface area contributed by atoms with Crippen LogP contribution in [0.15, 0.2) is 0 Å². The van der Waals surface area contributed by atoms with E-state index >= 15 is 0 Å². The normalized spacial score (nSPS) is 17.5. The fraction of sp³-hybridized carbons (Fsp3) is 0.842. The van der Waals surface area contributed by atoms with Gasteiger partial charge in [0.25, 0.3) is 0 Å². The molecule has 0 aliphatic heterocycles. The van der Waals surface area contributed by atoms with E-state index in [2.05, 4.69) is 41.2 Å². The molecule has 8 nitrogen and oxygen atoms in total. The quantitative estimate of drug-likeness (QED) is 0.183. The summed E-state index contributed by atoms with van der Waals surface area (Å²) in [7, 11) is 0. The molecule has 10 heteroatoms. The molecule has 0 unspecified atom stereocenters. The van der Waals surface area contributed by atoms with Gasteiger partial charge in [0.2, 0.25) is 11.8 Å². The van der Waals surface area contributed by atoms with Crippen molar-refractivity contribution in [3.05, 3.63) is 0 Å². The lowest BCUT2D eigenvalue weighted by molar-refractivity contribution is -0.142. The highest BCUT2D eigenvalue weighted by Gasteiger charge is 2.32. The Morgan fingerprint density at radius 2 is 1.48 bits per heavy atom. The third kappa shape index (κ3) is 10.1. The zero-order valence-electron chi connectivity index (χ0n) is 17.9. The number of carbonyl (C=O) groups excluding carboxylic acids is 2. The lowest BCUT2D eigenvalue weighted by Gasteiger charge is -2.30. The van der Waals surface area contributed by atoms with Crippen molar-refractivity contribution in [2.45, 2.75) is 71.1 Å². The summed E-state index contributed by atoms with van der Waals surface area (Å²) < 4.78 is 0. The molecule has 0 rings (SSSR count). The van der Waals surface area contributed by atoms with E-state index in [1.54, 1.807) is 0 Å². The molecule has 170 valence electrons. The predicted molar refractivity (Wildman–Crippen MR) is 122 cm³/mol. The zero-order valence-corrected chi connectivity index (χ0v) is 19.6. The molecular weight excluding hydrogens is 412 g/mol. The van der Waals surface area contributed by atoms with Gasteiger partial charge in [-0.25, -0.2) is 4.79 Å². The topological polar surface area (TPSA) is 134 Å². The van der Waals surface area contributed by atoms with Crippen LogP contribution in [0.4, 0.5) is 0 Å². The molecule has 6 N–H and O–H groups in total. The number of hydrogen-bond donors (Lipinski definition) is 7. The van der Waals surface area contributed by atoms with Crippen LogP contribution in [0.25, 0.3) is 0 Å². The highest BCUT2D eigenvalue weighted by atomic mass is 32.1. The maximum Gasteiger partial charge on any atom is 0.326 e. The molecule has 0 aliphatic rings. The molecule has 6 atom stereocenters. The fourth-order valence-electron chi connectivity index (χ4n) is 2.72. The maximum atomic E-state index is 13.0. The van der Waals surface area contributed by atoms with E-state index in [1.807, 2.05) is 27.7 Å². The van der Waals surface area contributed by atoms with Gasteiger partial charge in [0.15, 0.2) is 0 Å². The van der Waals surface area contributed by atoms with Crippen molar-refractivity contribution in [3.63, 3.8) is 0 Å². The van der Waals surface area contributed by atoms with E-state index in [0.717, 1.165) is 6.42 Å². The summed E-state index contributed by atoms with van der Waals surface area (Å²) in [5.41, 5.74) is 5.90. The number of amides is 2. The van der Waals surface area contributed by atoms with Crippen LogP contribution in [0.5, 0.6) is 0 Å². The molecule has 29 heavy (non-hydrogen) atoms. The smallest absolute Gasteiger partial charge is 0.326 e. The largest absolute Gasteiger partial charge is 0.480 e. The summed E-state index contributed by atoms with van der Waals surface area (Å²) >= 11 is 8.20. The average molecular weight is 451 g/mol. The molecule has 0 fully saturated rings. The zero-order chi connectivity index (χ0) is 22.6. The minimum atomic E-state index is -1.12. The van der Waals surface area contributed by atoms with Gasteiger partial charge in [-0.3, -0.25) is 9.59 Å². The number of carboxylic acid groups (broad SMARTS) is 1. The van der Waals surface area contributed by atoms with Crippen LogP contribution in [-0.4, -0.2) is 65.1 Å². The van der Waals surface area contributed by atoms with Gasteiger partial charge in [-0.15, -0.1) is 0 Å². The highest BCUT2D eigenvalue weighted by Crippen LogP contribution is 2.13. The van der Waals surface area contributed by atoms with Crippen LogP contribution in [0.2, 0.25) is 0 Å². The predicted octanol–water partition coefficient (Wildman–Crippen LogP) is 0.668. The van der Waals surface area contributed by atoms with Crippen LogP contribution < -0.4 is 21.7 Å². The van der Waals surface area contributed by atoms with Crippen molar-refractivity contribution < 1.29 is 19.5 Å². The fourth-order valence-corrected chi connectivity index (χ4v) is 3.11. The van der Waals surface area contributed by atoms with Crippen molar-refractivity contribution >= 4 is 43.0 Å². The highest BCUT2D eigenvalue weighted by molar-refractivity contribution is 7.80. The van der Waals surface area contributed by atoms with Crippen LogP contribution in [0.1, 0.15) is 47.0 Å². The van der Waals surface area contributed by atoms with Crippen LogP contribution in [0, 0.1) is 11.8 Å². The van der Waals surface area contributed by atoms with E-state index in [9.17, 15) is 19.5 Å². The Balaban J connectivity index is 5.36. The number of aliphatic carboxylic acids is 1. The lowest BCUT2D eigenvalue weighted by Crippen LogP contribution is -2.59. The van der Waals surface area contributed by atoms with Gasteiger partial charge in [-0.1, -0.05) is 40.5 Å². The molecule has 0 saturated carbocycles. The summed E-state index contributed by atoms with van der Waals surface area (Å²) in [5.74, 6) is -1.25. The lowest BCUT2D eigenvalue weighted by atomic mass is 9.94. The molecular formula is C19H38N4O4S2. The minimum Gasteiger partial charge on any atom is -0.480 e. The molecule has 0 spiro atoms. The van der Waals surface area contributed by atoms with Crippen molar-refractivity contribution in [2.24, 2.45) is 17.6 Å². The monoisotopic (exact) mass is 450 g/mol. The van der Waals surface area contributed by atoms with Crippen LogP contribution >= 0.6 is 25.3 Å². The summed E-state index contributed by atoms with van der Waals surface area (Å²) in [6, 6.07) is -2.58. The van der Waals surface area contributed by atoms with E-state index in [4.69, 9.17) is 5.73 Å². The first kappa shape index (κ1) is 28.0. The molecule has 0 heterocycles. The standard InChI is InChI=1S/C19H38N4O4S2/c1-5-11(3)15(21-9-13(20)10-29)17(24)23-16(12(4)6-2)18(25)22-14(7-8-28)19(26)27/h11-16,21,28-29H,5-10,20H2,1-4H3,(H,22,25)(H,23,24)(H,26,27)/t11-,12-,13+,14-,15-,16-/m0/s1. The molecule has 0 saturated heterocycles. The second-order valence-electron chi connectivity index (χ2n) is 7.50. The minimum absolute atomic E-state index is 0.0266. The molecule has 0 aromatic rings. The number of rotatable bonds is 15. The van der Waals surface area contributed by atoms with E-state index < -0.39 is 30.0 Å². The van der Waals surface area contributed by atoms with Crippen LogP contribution in [0.3, 0.4) is 0 Å². The number of thiol groups is 2. The van der Waals surface area contributed by atoms with Crippen molar-refractivity contribution in [2.75, 3.05) is 18.1 Å².